The Labute approximate surface area is 125 Å². The molecule has 5 nitrogen and oxygen atoms in total. The average molecular weight is 358 g/mol. The molecule has 0 aliphatic rings. The van der Waals surface area contributed by atoms with E-state index in [1.807, 2.05) is 6.92 Å². The van der Waals surface area contributed by atoms with Crippen LogP contribution >= 0.6 is 15.9 Å². The lowest BCUT2D eigenvalue weighted by atomic mass is 10.2. The van der Waals surface area contributed by atoms with Gasteiger partial charge in [-0.3, -0.25) is 0 Å². The van der Waals surface area contributed by atoms with Crippen LogP contribution < -0.4 is 0 Å². The van der Waals surface area contributed by atoms with Crippen molar-refractivity contribution in [3.8, 4) is 0 Å². The number of benzene rings is 1. The van der Waals surface area contributed by atoms with E-state index >= 15 is 0 Å². The SMILES string of the molecule is Cc1ccc(S(=O)(=O)n2cc(C(=O)O)c(C)c2Br)cc1. The highest BCUT2D eigenvalue weighted by Crippen LogP contribution is 2.27. The zero-order valence-electron chi connectivity index (χ0n) is 10.8. The number of carboxylic acid groups (broad SMARTS) is 1. The van der Waals surface area contributed by atoms with Gasteiger partial charge in [0, 0.05) is 6.20 Å². The number of aryl methyl sites for hydroxylation is 1. The van der Waals surface area contributed by atoms with Crippen molar-refractivity contribution in [2.45, 2.75) is 18.7 Å². The van der Waals surface area contributed by atoms with Gasteiger partial charge in [0.2, 0.25) is 0 Å². The summed E-state index contributed by atoms with van der Waals surface area (Å²) in [7, 11) is -3.82. The van der Waals surface area contributed by atoms with Crippen LogP contribution in [0.5, 0.6) is 0 Å². The van der Waals surface area contributed by atoms with Gasteiger partial charge in [-0.25, -0.2) is 17.2 Å². The summed E-state index contributed by atoms with van der Waals surface area (Å²) in [5.74, 6) is -1.17. The largest absolute Gasteiger partial charge is 0.478 e. The molecule has 0 fully saturated rings. The summed E-state index contributed by atoms with van der Waals surface area (Å²) in [4.78, 5) is 11.2. The van der Waals surface area contributed by atoms with Gasteiger partial charge in [0.25, 0.3) is 10.0 Å². The highest BCUT2D eigenvalue weighted by atomic mass is 79.9. The Kier molecular flexibility index (Phi) is 3.75. The van der Waals surface area contributed by atoms with Gasteiger partial charge in [-0.05, 0) is 47.5 Å². The molecule has 1 aromatic carbocycles. The first-order valence-electron chi connectivity index (χ1n) is 5.68. The van der Waals surface area contributed by atoms with E-state index in [1.54, 1.807) is 19.1 Å². The molecule has 1 aromatic heterocycles. The summed E-state index contributed by atoms with van der Waals surface area (Å²) < 4.78 is 26.1. The standard InChI is InChI=1S/C13H12BrNO4S/c1-8-3-5-10(6-4-8)20(18,19)15-7-11(13(16)17)9(2)12(15)14/h3-7H,1-2H3,(H,16,17). The Morgan fingerprint density at radius 2 is 1.75 bits per heavy atom. The molecule has 2 rings (SSSR count). The molecule has 0 saturated carbocycles. The monoisotopic (exact) mass is 357 g/mol. The minimum Gasteiger partial charge on any atom is -0.478 e. The fourth-order valence-corrected chi connectivity index (χ4v) is 3.95. The van der Waals surface area contributed by atoms with Crippen molar-refractivity contribution in [3.63, 3.8) is 0 Å². The molecule has 0 spiro atoms. The second-order valence-corrected chi connectivity index (χ2v) is 6.94. The van der Waals surface area contributed by atoms with Crippen LogP contribution in [0.4, 0.5) is 0 Å². The number of carboxylic acids is 1. The van der Waals surface area contributed by atoms with Crippen LogP contribution in [-0.4, -0.2) is 23.5 Å². The van der Waals surface area contributed by atoms with E-state index in [-0.39, 0.29) is 15.1 Å². The fourth-order valence-electron chi connectivity index (χ4n) is 1.76. The van der Waals surface area contributed by atoms with Crippen molar-refractivity contribution >= 4 is 31.9 Å². The van der Waals surface area contributed by atoms with Crippen LogP contribution in [0.1, 0.15) is 21.5 Å². The normalized spacial score (nSPS) is 11.6. The first-order chi connectivity index (χ1) is 9.25. The Morgan fingerprint density at radius 1 is 1.20 bits per heavy atom. The minimum absolute atomic E-state index is 0.0486. The number of nitrogens with zero attached hydrogens (tertiary/aromatic N) is 1. The molecule has 106 valence electrons. The second kappa shape index (κ2) is 5.06. The lowest BCUT2D eigenvalue weighted by Crippen LogP contribution is -2.12. The van der Waals surface area contributed by atoms with Crippen molar-refractivity contribution in [1.82, 2.24) is 3.97 Å². The van der Waals surface area contributed by atoms with Crippen molar-refractivity contribution in [2.75, 3.05) is 0 Å². The summed E-state index contributed by atoms with van der Waals surface area (Å²) in [5, 5.41) is 9.05. The first-order valence-corrected chi connectivity index (χ1v) is 7.91. The number of hydrogen-bond acceptors (Lipinski definition) is 3. The Morgan fingerprint density at radius 3 is 2.20 bits per heavy atom. The summed E-state index contributed by atoms with van der Waals surface area (Å²) in [6.07, 6.45) is 1.11. The van der Waals surface area contributed by atoms with Crippen molar-refractivity contribution in [2.24, 2.45) is 0 Å². The molecular weight excluding hydrogens is 346 g/mol. The number of rotatable bonds is 3. The van der Waals surface area contributed by atoms with Crippen molar-refractivity contribution < 1.29 is 18.3 Å². The van der Waals surface area contributed by atoms with E-state index < -0.39 is 16.0 Å². The summed E-state index contributed by atoms with van der Waals surface area (Å²) in [6, 6.07) is 6.37. The van der Waals surface area contributed by atoms with Gasteiger partial charge in [0.05, 0.1) is 10.5 Å². The smallest absolute Gasteiger partial charge is 0.337 e. The molecule has 0 atom stereocenters. The van der Waals surface area contributed by atoms with Gasteiger partial charge in [0.1, 0.15) is 4.60 Å². The van der Waals surface area contributed by atoms with Crippen molar-refractivity contribution in [1.29, 1.82) is 0 Å². The zero-order valence-corrected chi connectivity index (χ0v) is 13.2. The maximum absolute atomic E-state index is 12.5. The third kappa shape index (κ3) is 2.38. The molecule has 7 heteroatoms. The molecule has 1 N–H and O–H groups in total. The van der Waals surface area contributed by atoms with E-state index in [9.17, 15) is 13.2 Å². The van der Waals surface area contributed by atoms with Gasteiger partial charge in [-0.2, -0.15) is 0 Å². The third-order valence-electron chi connectivity index (χ3n) is 2.96. The van der Waals surface area contributed by atoms with Crippen LogP contribution in [0, 0.1) is 13.8 Å². The first kappa shape index (κ1) is 14.8. The predicted molar refractivity (Wildman–Crippen MR) is 77.6 cm³/mol. The molecule has 0 radical (unpaired) electrons. The molecule has 0 saturated heterocycles. The molecule has 20 heavy (non-hydrogen) atoms. The third-order valence-corrected chi connectivity index (χ3v) is 5.85. The highest BCUT2D eigenvalue weighted by molar-refractivity contribution is 9.10. The van der Waals surface area contributed by atoms with Crippen LogP contribution in [-0.2, 0) is 10.0 Å². The second-order valence-electron chi connectivity index (χ2n) is 4.38. The topological polar surface area (TPSA) is 76.4 Å². The molecule has 0 aliphatic carbocycles. The lowest BCUT2D eigenvalue weighted by molar-refractivity contribution is 0.0696. The van der Waals surface area contributed by atoms with E-state index in [1.165, 1.54) is 12.1 Å². The number of aromatic nitrogens is 1. The van der Waals surface area contributed by atoms with E-state index in [0.717, 1.165) is 15.7 Å². The van der Waals surface area contributed by atoms with Crippen LogP contribution in [0.15, 0.2) is 40.0 Å². The Balaban J connectivity index is 2.64. The molecule has 1 heterocycles. The molecule has 0 bridgehead atoms. The van der Waals surface area contributed by atoms with Crippen LogP contribution in [0.2, 0.25) is 0 Å². The number of carbonyl (C=O) groups is 1. The van der Waals surface area contributed by atoms with Gasteiger partial charge in [-0.1, -0.05) is 17.7 Å². The quantitative estimate of drug-likeness (QED) is 0.916. The summed E-state index contributed by atoms with van der Waals surface area (Å²) in [5.41, 5.74) is 1.26. The van der Waals surface area contributed by atoms with E-state index in [4.69, 9.17) is 5.11 Å². The Hall–Kier alpha value is -1.60. The number of hydrogen-bond donors (Lipinski definition) is 1. The van der Waals surface area contributed by atoms with Crippen LogP contribution in [0.25, 0.3) is 0 Å². The minimum atomic E-state index is -3.82. The predicted octanol–water partition coefficient (Wildman–Crippen LogP) is 2.80. The van der Waals surface area contributed by atoms with E-state index in [2.05, 4.69) is 15.9 Å². The molecule has 0 unspecified atom stereocenters. The number of halogens is 1. The molecular formula is C13H12BrNO4S. The summed E-state index contributed by atoms with van der Waals surface area (Å²) >= 11 is 3.14. The maximum Gasteiger partial charge on any atom is 0.337 e. The Bertz CT molecular complexity index is 775. The zero-order chi connectivity index (χ0) is 15.1. The molecule has 0 aliphatic heterocycles. The maximum atomic E-state index is 12.5. The molecule has 2 aromatic rings. The van der Waals surface area contributed by atoms with Gasteiger partial charge < -0.3 is 5.11 Å². The number of aromatic carboxylic acids is 1. The summed E-state index contributed by atoms with van der Waals surface area (Å²) in [6.45, 7) is 3.41. The fraction of sp³-hybridized carbons (Fsp3) is 0.154. The average Bonchev–Trinajstić information content (AvgIpc) is 2.67. The van der Waals surface area contributed by atoms with Crippen molar-refractivity contribution in [3.05, 3.63) is 51.8 Å². The molecule has 0 amide bonds. The van der Waals surface area contributed by atoms with Crippen LogP contribution in [0.3, 0.4) is 0 Å². The lowest BCUT2D eigenvalue weighted by Gasteiger charge is -2.07. The highest BCUT2D eigenvalue weighted by Gasteiger charge is 2.24. The van der Waals surface area contributed by atoms with E-state index in [0.29, 0.717) is 5.56 Å². The van der Waals surface area contributed by atoms with Gasteiger partial charge >= 0.3 is 5.97 Å². The van der Waals surface area contributed by atoms with Gasteiger partial charge in [0.15, 0.2) is 0 Å². The van der Waals surface area contributed by atoms with Gasteiger partial charge in [-0.15, -0.1) is 0 Å².